The van der Waals surface area contributed by atoms with Crippen LogP contribution in [0.3, 0.4) is 0 Å². The highest BCUT2D eigenvalue weighted by Crippen LogP contribution is 2.23. The van der Waals surface area contributed by atoms with Crippen LogP contribution in [-0.4, -0.2) is 20.9 Å². The van der Waals surface area contributed by atoms with Crippen molar-refractivity contribution in [3.05, 3.63) is 80.1 Å². The Hall–Kier alpha value is -2.90. The van der Waals surface area contributed by atoms with Crippen LogP contribution in [0, 0.1) is 17.0 Å². The van der Waals surface area contributed by atoms with E-state index in [2.05, 4.69) is 15.6 Å². The van der Waals surface area contributed by atoms with Gasteiger partial charge in [-0.2, -0.15) is 10.2 Å². The normalized spacial score (nSPS) is 11.0. The number of non-ortho nitro benzene ring substituents is 1. The predicted octanol–water partition coefficient (Wildman–Crippen LogP) is 4.84. The van der Waals surface area contributed by atoms with E-state index >= 15 is 0 Å². The molecule has 0 aliphatic carbocycles. The van der Waals surface area contributed by atoms with Gasteiger partial charge in [0.15, 0.2) is 0 Å². The quantitative estimate of drug-likeness (QED) is 0.384. The third kappa shape index (κ3) is 3.84. The fourth-order valence-electron chi connectivity index (χ4n) is 2.24. The first-order valence-corrected chi connectivity index (χ1v) is 8.26. The zero-order chi connectivity index (χ0) is 18.7. The monoisotopic (exact) mass is 389 g/mol. The van der Waals surface area contributed by atoms with Crippen molar-refractivity contribution < 1.29 is 4.92 Å². The summed E-state index contributed by atoms with van der Waals surface area (Å²) < 4.78 is 1.60. The van der Waals surface area contributed by atoms with E-state index in [9.17, 15) is 10.1 Å². The summed E-state index contributed by atoms with van der Waals surface area (Å²) in [4.78, 5) is 10.2. The van der Waals surface area contributed by atoms with E-state index in [-0.39, 0.29) is 5.69 Å². The Morgan fingerprint density at radius 1 is 1.15 bits per heavy atom. The third-order valence-electron chi connectivity index (χ3n) is 3.58. The average Bonchev–Trinajstić information content (AvgIpc) is 2.91. The number of nitrogens with one attached hydrogen (secondary N) is 1. The van der Waals surface area contributed by atoms with E-state index in [0.29, 0.717) is 27.1 Å². The second-order valence-electron chi connectivity index (χ2n) is 5.35. The molecule has 0 spiro atoms. The zero-order valence-electron chi connectivity index (χ0n) is 13.6. The van der Waals surface area contributed by atoms with Gasteiger partial charge in [-0.3, -0.25) is 15.5 Å². The first kappa shape index (κ1) is 17.9. The van der Waals surface area contributed by atoms with Gasteiger partial charge in [0.1, 0.15) is 5.15 Å². The number of rotatable bonds is 5. The molecule has 0 aliphatic rings. The number of hydrogen-bond acceptors (Lipinski definition) is 5. The molecule has 0 saturated carbocycles. The van der Waals surface area contributed by atoms with Crippen LogP contribution < -0.4 is 5.43 Å². The topological polar surface area (TPSA) is 85.3 Å². The van der Waals surface area contributed by atoms with E-state index in [4.69, 9.17) is 23.2 Å². The predicted molar refractivity (Wildman–Crippen MR) is 103 cm³/mol. The molecule has 0 amide bonds. The average molecular weight is 390 g/mol. The Kier molecular flexibility index (Phi) is 5.20. The Labute approximate surface area is 159 Å². The molecule has 26 heavy (non-hydrogen) atoms. The van der Waals surface area contributed by atoms with Crippen molar-refractivity contribution in [2.45, 2.75) is 6.92 Å². The lowest BCUT2D eigenvalue weighted by Gasteiger charge is -2.03. The van der Waals surface area contributed by atoms with Gasteiger partial charge >= 0.3 is 0 Å². The largest absolute Gasteiger partial charge is 0.278 e. The summed E-state index contributed by atoms with van der Waals surface area (Å²) in [6, 6.07) is 13.1. The summed E-state index contributed by atoms with van der Waals surface area (Å²) in [5.74, 6) is 0. The van der Waals surface area contributed by atoms with Crippen molar-refractivity contribution in [1.29, 1.82) is 0 Å². The number of hydrogen-bond donors (Lipinski definition) is 1. The minimum atomic E-state index is -0.457. The summed E-state index contributed by atoms with van der Waals surface area (Å²) in [5, 5.41) is 20.2. The van der Waals surface area contributed by atoms with E-state index in [1.165, 1.54) is 12.1 Å². The van der Waals surface area contributed by atoms with Gasteiger partial charge in [0.2, 0.25) is 0 Å². The molecule has 1 heterocycles. The van der Waals surface area contributed by atoms with Crippen LogP contribution in [0.25, 0.3) is 5.69 Å². The highest BCUT2D eigenvalue weighted by Gasteiger charge is 2.13. The van der Waals surface area contributed by atoms with Gasteiger partial charge in [-0.1, -0.05) is 23.2 Å². The molecule has 0 bridgehead atoms. The summed E-state index contributed by atoms with van der Waals surface area (Å²) in [5.41, 5.74) is 5.59. The van der Waals surface area contributed by atoms with Gasteiger partial charge in [-0.15, -0.1) is 0 Å². The van der Waals surface area contributed by atoms with Crippen LogP contribution in [-0.2, 0) is 0 Å². The van der Waals surface area contributed by atoms with Crippen LogP contribution in [0.4, 0.5) is 11.4 Å². The SMILES string of the molecule is Cc1nn(-c2ccc(Cl)cc2)c(Cl)c1C=NNc1ccc([N+](=O)[O-])cc1. The van der Waals surface area contributed by atoms with Gasteiger partial charge in [-0.05, 0) is 43.3 Å². The molecule has 0 saturated heterocycles. The fraction of sp³-hybridized carbons (Fsp3) is 0.0588. The van der Waals surface area contributed by atoms with Gasteiger partial charge in [0.25, 0.3) is 5.69 Å². The maximum atomic E-state index is 10.6. The van der Waals surface area contributed by atoms with Crippen molar-refractivity contribution in [3.63, 3.8) is 0 Å². The maximum absolute atomic E-state index is 10.6. The molecule has 9 heteroatoms. The fourth-order valence-corrected chi connectivity index (χ4v) is 2.69. The number of anilines is 1. The van der Waals surface area contributed by atoms with Crippen LogP contribution in [0.1, 0.15) is 11.3 Å². The van der Waals surface area contributed by atoms with Crippen LogP contribution in [0.5, 0.6) is 0 Å². The number of aromatic nitrogens is 2. The van der Waals surface area contributed by atoms with E-state index in [0.717, 1.165) is 5.69 Å². The third-order valence-corrected chi connectivity index (χ3v) is 4.20. The van der Waals surface area contributed by atoms with E-state index < -0.39 is 4.92 Å². The molecule has 132 valence electrons. The molecule has 0 fully saturated rings. The number of halogens is 2. The van der Waals surface area contributed by atoms with Crippen molar-refractivity contribution in [1.82, 2.24) is 9.78 Å². The molecule has 1 N–H and O–H groups in total. The Morgan fingerprint density at radius 3 is 2.42 bits per heavy atom. The van der Waals surface area contributed by atoms with E-state index in [1.807, 2.05) is 19.1 Å². The molecule has 3 aromatic rings. The minimum absolute atomic E-state index is 0.0164. The Morgan fingerprint density at radius 2 is 1.81 bits per heavy atom. The smallest absolute Gasteiger partial charge is 0.269 e. The standard InChI is InChI=1S/C17H13Cl2N5O2/c1-11-16(10-20-21-13-4-8-15(9-5-13)24(25)26)17(19)23(22-11)14-6-2-12(18)3-7-14/h2-10,21H,1H3. The lowest BCUT2D eigenvalue weighted by molar-refractivity contribution is -0.384. The minimum Gasteiger partial charge on any atom is -0.278 e. The van der Waals surface area contributed by atoms with E-state index in [1.54, 1.807) is 35.2 Å². The van der Waals surface area contributed by atoms with Crippen LogP contribution >= 0.6 is 23.2 Å². The molecule has 0 radical (unpaired) electrons. The molecule has 0 atom stereocenters. The van der Waals surface area contributed by atoms with Crippen molar-refractivity contribution in [2.24, 2.45) is 5.10 Å². The van der Waals surface area contributed by atoms with Crippen molar-refractivity contribution in [3.8, 4) is 5.69 Å². The number of hydrazone groups is 1. The van der Waals surface area contributed by atoms with Gasteiger partial charge in [0.05, 0.1) is 33.8 Å². The summed E-state index contributed by atoms with van der Waals surface area (Å²) >= 11 is 12.3. The van der Waals surface area contributed by atoms with Crippen LogP contribution in [0.2, 0.25) is 10.2 Å². The van der Waals surface area contributed by atoms with Gasteiger partial charge in [0, 0.05) is 17.2 Å². The molecule has 1 aromatic heterocycles. The van der Waals surface area contributed by atoms with Gasteiger partial charge in [-0.25, -0.2) is 4.68 Å². The number of nitro groups is 1. The second-order valence-corrected chi connectivity index (χ2v) is 6.15. The second kappa shape index (κ2) is 7.55. The number of nitro benzene ring substituents is 1. The summed E-state index contributed by atoms with van der Waals surface area (Å²) in [6.45, 7) is 1.82. The molecule has 0 aliphatic heterocycles. The highest BCUT2D eigenvalue weighted by molar-refractivity contribution is 6.32. The number of benzene rings is 2. The Balaban J connectivity index is 1.78. The lowest BCUT2D eigenvalue weighted by atomic mass is 10.3. The molecule has 2 aromatic carbocycles. The first-order valence-electron chi connectivity index (χ1n) is 7.50. The number of nitrogens with zero attached hydrogens (tertiary/aromatic N) is 4. The molecule has 3 rings (SSSR count). The molecule has 0 unspecified atom stereocenters. The van der Waals surface area contributed by atoms with Crippen molar-refractivity contribution in [2.75, 3.05) is 5.43 Å². The summed E-state index contributed by atoms with van der Waals surface area (Å²) in [7, 11) is 0. The van der Waals surface area contributed by atoms with Gasteiger partial charge < -0.3 is 0 Å². The molecular formula is C17H13Cl2N5O2. The van der Waals surface area contributed by atoms with Crippen LogP contribution in [0.15, 0.2) is 53.6 Å². The zero-order valence-corrected chi connectivity index (χ0v) is 15.1. The first-order chi connectivity index (χ1) is 12.5. The molecular weight excluding hydrogens is 377 g/mol. The van der Waals surface area contributed by atoms with Crippen molar-refractivity contribution >= 4 is 40.8 Å². The number of aryl methyl sites for hydroxylation is 1. The lowest BCUT2D eigenvalue weighted by Crippen LogP contribution is -1.96. The maximum Gasteiger partial charge on any atom is 0.269 e. The molecule has 7 nitrogen and oxygen atoms in total. The summed E-state index contributed by atoms with van der Waals surface area (Å²) in [6.07, 6.45) is 1.55. The Bertz CT molecular complexity index is 966. The highest BCUT2D eigenvalue weighted by atomic mass is 35.5.